The van der Waals surface area contributed by atoms with Gasteiger partial charge in [-0.15, -0.1) is 0 Å². The lowest BCUT2D eigenvalue weighted by Crippen LogP contribution is -2.62. The fourth-order valence-corrected chi connectivity index (χ4v) is 8.04. The molecule has 1 aliphatic heterocycles. The van der Waals surface area contributed by atoms with Crippen LogP contribution in [0.25, 0.3) is 0 Å². The van der Waals surface area contributed by atoms with Crippen molar-refractivity contribution in [3.05, 3.63) is 35.4 Å². The second-order valence-electron chi connectivity index (χ2n) is 16.6. The van der Waals surface area contributed by atoms with Gasteiger partial charge in [-0.1, -0.05) is 58.4 Å². The number of primary amides is 1. The van der Waals surface area contributed by atoms with Gasteiger partial charge >= 0.3 is 0 Å². The summed E-state index contributed by atoms with van der Waals surface area (Å²) in [7, 11) is 0. The number of rotatable bonds is 22. The van der Waals surface area contributed by atoms with Gasteiger partial charge in [0.05, 0.1) is 26.4 Å². The van der Waals surface area contributed by atoms with Gasteiger partial charge in [-0.05, 0) is 56.1 Å². The Morgan fingerprint density at radius 3 is 2.03 bits per heavy atom. The molecular weight excluding hydrogens is 851 g/mol. The van der Waals surface area contributed by atoms with Crippen molar-refractivity contribution in [3.8, 4) is 0 Å². The quantitative estimate of drug-likeness (QED) is 0.0830. The van der Waals surface area contributed by atoms with Gasteiger partial charge < -0.3 is 51.8 Å². The fourth-order valence-electron chi connectivity index (χ4n) is 6.15. The van der Waals surface area contributed by atoms with Crippen molar-refractivity contribution < 1.29 is 47.8 Å². The Balaban J connectivity index is 2.00. The van der Waals surface area contributed by atoms with Crippen LogP contribution < -0.4 is 37.6 Å². The molecule has 356 valence electrons. The molecule has 1 aliphatic rings. The smallest absolute Gasteiger partial charge is 0.245 e. The molecule has 2 rings (SSSR count). The average Bonchev–Trinajstić information content (AvgIpc) is 3.23. The van der Waals surface area contributed by atoms with E-state index in [2.05, 4.69) is 38.0 Å². The van der Waals surface area contributed by atoms with Crippen molar-refractivity contribution in [3.63, 3.8) is 0 Å². The predicted molar refractivity (Wildman–Crippen MR) is 246 cm³/mol. The van der Waals surface area contributed by atoms with Crippen LogP contribution in [0.5, 0.6) is 0 Å². The number of fused-ring (bicyclic) bond motifs is 2. The van der Waals surface area contributed by atoms with Crippen molar-refractivity contribution in [1.29, 1.82) is 0 Å². The van der Waals surface area contributed by atoms with E-state index >= 15 is 0 Å². The maximum absolute atomic E-state index is 14.0. The summed E-state index contributed by atoms with van der Waals surface area (Å²) in [5.74, 6) is -1.05. The van der Waals surface area contributed by atoms with E-state index in [1.165, 1.54) is 11.8 Å². The van der Waals surface area contributed by atoms with Crippen molar-refractivity contribution in [2.45, 2.75) is 122 Å². The summed E-state index contributed by atoms with van der Waals surface area (Å²) < 4.78 is 16.7. The van der Waals surface area contributed by atoms with Crippen LogP contribution in [0.3, 0.4) is 0 Å². The van der Waals surface area contributed by atoms with Gasteiger partial charge in [0.15, 0.2) is 0 Å². The van der Waals surface area contributed by atoms with E-state index in [1.807, 2.05) is 45.9 Å². The summed E-state index contributed by atoms with van der Waals surface area (Å²) in [5, 5.41) is 17.1. The number of thioether (sulfide) groups is 2. The first-order valence-corrected chi connectivity index (χ1v) is 24.3. The summed E-state index contributed by atoms with van der Waals surface area (Å²) >= 11 is 3.13. The van der Waals surface area contributed by atoms with E-state index in [9.17, 15) is 33.6 Å². The minimum Gasteiger partial charge on any atom is -0.379 e. The molecule has 0 aliphatic carbocycles. The summed E-state index contributed by atoms with van der Waals surface area (Å²) in [6.45, 7) is 13.9. The minimum atomic E-state index is -1.30. The molecule has 0 spiro atoms. The summed E-state index contributed by atoms with van der Waals surface area (Å²) in [6, 6.07) is 5.25. The first-order chi connectivity index (χ1) is 30.0. The maximum Gasteiger partial charge on any atom is 0.245 e. The SMILES string of the molecule is CC[C@H](C)[C@@H]1NC(=O)[C@H](CC(C)C)NC(=O)C(C)(C)NC(=O)CCSCc2cccc(c2)CSC[C@@H](C(=O)NCCCOCCOCCOCCCNC(=O)CCC(N)=O)NC1=O. The van der Waals surface area contributed by atoms with Crippen LogP contribution in [-0.4, -0.2) is 129 Å². The highest BCUT2D eigenvalue weighted by atomic mass is 32.2. The first kappa shape index (κ1) is 55.2. The number of carbonyl (C=O) groups excluding carboxylic acids is 7. The van der Waals surface area contributed by atoms with Crippen LogP contribution in [0.1, 0.15) is 97.6 Å². The number of nitrogens with two attached hydrogens (primary N) is 1. The summed E-state index contributed by atoms with van der Waals surface area (Å²) in [5.41, 5.74) is 5.90. The molecule has 1 heterocycles. The average molecular weight is 924 g/mol. The normalized spacial score (nSPS) is 19.9. The topological polar surface area (TPSA) is 245 Å². The molecule has 1 aromatic carbocycles. The van der Waals surface area contributed by atoms with Gasteiger partial charge in [0.25, 0.3) is 0 Å². The number of benzene rings is 1. The molecule has 1 aromatic rings. The second kappa shape index (κ2) is 31.0. The molecule has 0 aromatic heterocycles. The molecule has 63 heavy (non-hydrogen) atoms. The van der Waals surface area contributed by atoms with Crippen molar-refractivity contribution in [2.75, 3.05) is 64.2 Å². The Labute approximate surface area is 382 Å². The van der Waals surface area contributed by atoms with Crippen LogP contribution in [0.4, 0.5) is 0 Å². The van der Waals surface area contributed by atoms with E-state index in [4.69, 9.17) is 19.9 Å². The number of amides is 7. The molecular formula is C44H73N7O10S2. The van der Waals surface area contributed by atoms with E-state index in [-0.39, 0.29) is 54.6 Å². The predicted octanol–water partition coefficient (Wildman–Crippen LogP) is 2.33. The van der Waals surface area contributed by atoms with E-state index in [0.29, 0.717) is 95.7 Å². The number of hydrogen-bond donors (Lipinski definition) is 7. The lowest BCUT2D eigenvalue weighted by Gasteiger charge is -2.31. The zero-order valence-corrected chi connectivity index (χ0v) is 39.7. The van der Waals surface area contributed by atoms with Gasteiger partial charge in [-0.2, -0.15) is 23.5 Å². The largest absolute Gasteiger partial charge is 0.379 e. The molecule has 4 atom stereocenters. The molecule has 7 amide bonds. The van der Waals surface area contributed by atoms with Crippen LogP contribution >= 0.6 is 23.5 Å². The molecule has 8 N–H and O–H groups in total. The lowest BCUT2D eigenvalue weighted by atomic mass is 9.96. The first-order valence-electron chi connectivity index (χ1n) is 22.0. The molecule has 0 saturated heterocycles. The molecule has 0 saturated carbocycles. The van der Waals surface area contributed by atoms with Crippen molar-refractivity contribution >= 4 is 64.9 Å². The van der Waals surface area contributed by atoms with Crippen molar-refractivity contribution in [2.24, 2.45) is 17.6 Å². The molecule has 0 radical (unpaired) electrons. The van der Waals surface area contributed by atoms with Gasteiger partial charge in [0.2, 0.25) is 41.4 Å². The van der Waals surface area contributed by atoms with Gasteiger partial charge in [0.1, 0.15) is 23.7 Å². The monoisotopic (exact) mass is 923 g/mol. The fraction of sp³-hybridized carbons (Fsp3) is 0.705. The van der Waals surface area contributed by atoms with Gasteiger partial charge in [0, 0.05) is 68.6 Å². The van der Waals surface area contributed by atoms with E-state index in [1.54, 1.807) is 25.6 Å². The van der Waals surface area contributed by atoms with Crippen LogP contribution in [0.15, 0.2) is 24.3 Å². The van der Waals surface area contributed by atoms with Crippen LogP contribution in [0, 0.1) is 11.8 Å². The standard InChI is InChI=1S/C44H73N7O10S2/c1-7-31(4)39-42(57)48-35(40(55)47-17-10-19-60-21-23-61-22-20-59-18-9-16-46-37(53)14-13-36(45)52)29-63-28-33-12-8-11-32(26-33)27-62-24-15-38(54)51-44(5,6)43(58)49-34(25-30(2)3)41(56)50-39/h8,11-12,26,30-31,34-35,39H,7,9-10,13-25,27-29H2,1-6H3,(H2,45,52)(H,46,53)(H,47,55)(H,48,57)(H,49,58)(H,50,56)(H,51,54)/t31-,34-,35-,39-/m0/s1. The highest BCUT2D eigenvalue weighted by molar-refractivity contribution is 7.98. The highest BCUT2D eigenvalue weighted by Gasteiger charge is 2.36. The van der Waals surface area contributed by atoms with Gasteiger partial charge in [-0.3, -0.25) is 33.6 Å². The van der Waals surface area contributed by atoms with E-state index < -0.39 is 47.3 Å². The Bertz CT molecular complexity index is 1600. The minimum absolute atomic E-state index is 0.0214. The third-order valence-corrected chi connectivity index (χ3v) is 12.1. The maximum atomic E-state index is 14.0. The molecule has 0 unspecified atom stereocenters. The highest BCUT2D eigenvalue weighted by Crippen LogP contribution is 2.20. The zero-order valence-electron chi connectivity index (χ0n) is 38.1. The van der Waals surface area contributed by atoms with Gasteiger partial charge in [-0.25, -0.2) is 0 Å². The summed E-state index contributed by atoms with van der Waals surface area (Å²) in [4.78, 5) is 90.3. The van der Waals surface area contributed by atoms with Crippen LogP contribution in [-0.2, 0) is 59.3 Å². The van der Waals surface area contributed by atoms with Crippen LogP contribution in [0.2, 0.25) is 0 Å². The number of hydrogen-bond acceptors (Lipinski definition) is 12. The number of ether oxygens (including phenoxy) is 3. The second-order valence-corrected chi connectivity index (χ2v) is 18.7. The third-order valence-electron chi connectivity index (χ3n) is 9.96. The third kappa shape index (κ3) is 24.1. The Morgan fingerprint density at radius 1 is 0.825 bits per heavy atom. The molecule has 19 heteroatoms. The summed E-state index contributed by atoms with van der Waals surface area (Å²) in [6.07, 6.45) is 2.34. The Hall–Kier alpha value is -3.91. The number of nitrogens with one attached hydrogen (secondary N) is 6. The molecule has 0 fully saturated rings. The molecule has 17 nitrogen and oxygen atoms in total. The Kier molecular flexibility index (Phi) is 27.2. The molecule has 2 bridgehead atoms. The Morgan fingerprint density at radius 2 is 1.43 bits per heavy atom. The number of carbonyl (C=O) groups is 7. The van der Waals surface area contributed by atoms with E-state index in [0.717, 1.165) is 11.1 Å². The lowest BCUT2D eigenvalue weighted by molar-refractivity contribution is -0.136. The zero-order chi connectivity index (χ0) is 46.6. The van der Waals surface area contributed by atoms with Crippen molar-refractivity contribution in [1.82, 2.24) is 31.9 Å².